The number of nitrogens with one attached hydrogen (secondary N) is 1. The van der Waals surface area contributed by atoms with Gasteiger partial charge >= 0.3 is 0 Å². The Bertz CT molecular complexity index is 314. The molecule has 0 saturated heterocycles. The average Bonchev–Trinajstić information content (AvgIpc) is 2.69. The second-order valence-corrected chi connectivity index (χ2v) is 5.15. The van der Waals surface area contributed by atoms with Gasteiger partial charge in [0.25, 0.3) is 0 Å². The van der Waals surface area contributed by atoms with Crippen LogP contribution in [0.25, 0.3) is 0 Å². The molecule has 82 valence electrons. The van der Waals surface area contributed by atoms with Crippen molar-refractivity contribution in [2.75, 3.05) is 11.9 Å². The molecule has 0 bridgehead atoms. The molecule has 1 heterocycles. The van der Waals surface area contributed by atoms with Gasteiger partial charge in [0.15, 0.2) is 0 Å². The van der Waals surface area contributed by atoms with Crippen molar-refractivity contribution in [3.63, 3.8) is 0 Å². The van der Waals surface area contributed by atoms with E-state index in [1.807, 2.05) is 12.4 Å². The van der Waals surface area contributed by atoms with Gasteiger partial charge in [0, 0.05) is 22.0 Å². The van der Waals surface area contributed by atoms with Crippen LogP contribution in [0.3, 0.4) is 0 Å². The summed E-state index contributed by atoms with van der Waals surface area (Å²) in [5.41, 5.74) is 5.72. The number of aromatic nitrogens is 2. The van der Waals surface area contributed by atoms with Crippen molar-refractivity contribution in [3.05, 3.63) is 16.0 Å². The second kappa shape index (κ2) is 5.07. The van der Waals surface area contributed by atoms with Gasteiger partial charge in [-0.3, -0.25) is 0 Å². The molecule has 1 aromatic heterocycles. The Morgan fingerprint density at radius 1 is 1.40 bits per heavy atom. The molecule has 0 spiro atoms. The molecule has 1 saturated carbocycles. The molecule has 2 unspecified atom stereocenters. The maximum atomic E-state index is 5.72. The summed E-state index contributed by atoms with van der Waals surface area (Å²) in [4.78, 5) is 8.48. The van der Waals surface area contributed by atoms with Crippen LogP contribution in [-0.2, 0) is 0 Å². The number of anilines is 1. The monoisotopic (exact) mass is 318 g/mol. The minimum atomic E-state index is 0.454. The Labute approximate surface area is 103 Å². The lowest BCUT2D eigenvalue weighted by Crippen LogP contribution is -2.30. The van der Waals surface area contributed by atoms with Crippen LogP contribution in [0.2, 0.25) is 0 Å². The highest BCUT2D eigenvalue weighted by Crippen LogP contribution is 2.26. The molecule has 1 aliphatic rings. The molecular weight excluding hydrogens is 303 g/mol. The summed E-state index contributed by atoms with van der Waals surface area (Å²) in [5.74, 6) is 1.30. The fourth-order valence-electron chi connectivity index (χ4n) is 2.06. The van der Waals surface area contributed by atoms with Crippen LogP contribution < -0.4 is 11.1 Å². The molecule has 5 heteroatoms. The van der Waals surface area contributed by atoms with E-state index in [-0.39, 0.29) is 0 Å². The predicted octanol–water partition coefficient (Wildman–Crippen LogP) is 1.62. The zero-order valence-electron chi connectivity index (χ0n) is 8.49. The third kappa shape index (κ3) is 2.78. The average molecular weight is 318 g/mol. The fourth-order valence-corrected chi connectivity index (χ4v) is 2.34. The Morgan fingerprint density at radius 2 is 2.13 bits per heavy atom. The van der Waals surface area contributed by atoms with Crippen LogP contribution in [0, 0.1) is 9.49 Å². The third-order valence-electron chi connectivity index (χ3n) is 2.90. The number of halogens is 1. The van der Waals surface area contributed by atoms with Crippen LogP contribution in [-0.4, -0.2) is 22.6 Å². The number of rotatable bonds is 3. The third-order valence-corrected chi connectivity index (χ3v) is 3.45. The number of nitrogens with two attached hydrogens (primary N) is 1. The molecule has 1 fully saturated rings. The Hall–Kier alpha value is -0.430. The second-order valence-electron chi connectivity index (χ2n) is 3.90. The first kappa shape index (κ1) is 11.1. The van der Waals surface area contributed by atoms with Crippen molar-refractivity contribution >= 4 is 28.5 Å². The van der Waals surface area contributed by atoms with Gasteiger partial charge in [-0.25, -0.2) is 9.97 Å². The number of nitrogens with zero attached hydrogens (tertiary/aromatic N) is 2. The number of hydrogen-bond donors (Lipinski definition) is 2. The molecule has 0 aliphatic heterocycles. The van der Waals surface area contributed by atoms with E-state index in [2.05, 4.69) is 37.9 Å². The van der Waals surface area contributed by atoms with Gasteiger partial charge in [0.2, 0.25) is 5.95 Å². The normalized spacial score (nSPS) is 25.5. The smallest absolute Gasteiger partial charge is 0.222 e. The van der Waals surface area contributed by atoms with E-state index in [0.29, 0.717) is 12.0 Å². The van der Waals surface area contributed by atoms with Gasteiger partial charge in [-0.15, -0.1) is 0 Å². The SMILES string of the molecule is NCC1CCCC1Nc1ncc(I)cn1. The lowest BCUT2D eigenvalue weighted by atomic mass is 10.0. The van der Waals surface area contributed by atoms with E-state index < -0.39 is 0 Å². The molecule has 0 aromatic carbocycles. The van der Waals surface area contributed by atoms with Crippen LogP contribution >= 0.6 is 22.6 Å². The topological polar surface area (TPSA) is 63.8 Å². The quantitative estimate of drug-likeness (QED) is 0.832. The van der Waals surface area contributed by atoms with Crippen LogP contribution in [0.4, 0.5) is 5.95 Å². The first-order valence-corrected chi connectivity index (χ1v) is 6.31. The summed E-state index contributed by atoms with van der Waals surface area (Å²) >= 11 is 2.20. The van der Waals surface area contributed by atoms with Gasteiger partial charge in [-0.2, -0.15) is 0 Å². The first-order valence-electron chi connectivity index (χ1n) is 5.23. The predicted molar refractivity (Wildman–Crippen MR) is 68.6 cm³/mol. The summed E-state index contributed by atoms with van der Waals surface area (Å²) in [6.45, 7) is 0.752. The van der Waals surface area contributed by atoms with E-state index >= 15 is 0 Å². The molecule has 2 atom stereocenters. The number of hydrogen-bond acceptors (Lipinski definition) is 4. The van der Waals surface area contributed by atoms with Crippen molar-refractivity contribution < 1.29 is 0 Å². The molecule has 0 radical (unpaired) electrons. The Kier molecular flexibility index (Phi) is 3.74. The van der Waals surface area contributed by atoms with Gasteiger partial charge in [-0.05, 0) is 47.9 Å². The highest BCUT2D eigenvalue weighted by molar-refractivity contribution is 14.1. The van der Waals surface area contributed by atoms with E-state index in [9.17, 15) is 0 Å². The summed E-state index contributed by atoms with van der Waals surface area (Å²) in [6, 6.07) is 0.454. The fraction of sp³-hybridized carbons (Fsp3) is 0.600. The first-order chi connectivity index (χ1) is 7.29. The molecule has 1 aromatic rings. The lowest BCUT2D eigenvalue weighted by Gasteiger charge is -2.19. The van der Waals surface area contributed by atoms with Crippen LogP contribution in [0.5, 0.6) is 0 Å². The zero-order valence-corrected chi connectivity index (χ0v) is 10.6. The highest BCUT2D eigenvalue weighted by atomic mass is 127. The zero-order chi connectivity index (χ0) is 10.7. The van der Waals surface area contributed by atoms with Gasteiger partial charge in [0.1, 0.15) is 0 Å². The van der Waals surface area contributed by atoms with E-state index in [1.165, 1.54) is 19.3 Å². The van der Waals surface area contributed by atoms with Crippen molar-refractivity contribution in [2.45, 2.75) is 25.3 Å². The maximum Gasteiger partial charge on any atom is 0.222 e. The molecule has 3 N–H and O–H groups in total. The van der Waals surface area contributed by atoms with Crippen molar-refractivity contribution in [1.82, 2.24) is 9.97 Å². The molecule has 2 rings (SSSR count). The highest BCUT2D eigenvalue weighted by Gasteiger charge is 2.26. The molecular formula is C10H15IN4. The minimum absolute atomic E-state index is 0.454. The summed E-state index contributed by atoms with van der Waals surface area (Å²) in [7, 11) is 0. The summed E-state index contributed by atoms with van der Waals surface area (Å²) in [5, 5.41) is 3.36. The Morgan fingerprint density at radius 3 is 2.80 bits per heavy atom. The molecule has 4 nitrogen and oxygen atoms in total. The van der Waals surface area contributed by atoms with E-state index in [4.69, 9.17) is 5.73 Å². The lowest BCUT2D eigenvalue weighted by molar-refractivity contribution is 0.514. The molecule has 0 amide bonds. The molecule has 1 aliphatic carbocycles. The van der Waals surface area contributed by atoms with Gasteiger partial charge < -0.3 is 11.1 Å². The summed E-state index contributed by atoms with van der Waals surface area (Å²) < 4.78 is 1.06. The van der Waals surface area contributed by atoms with E-state index in [1.54, 1.807) is 0 Å². The van der Waals surface area contributed by atoms with Crippen LogP contribution in [0.15, 0.2) is 12.4 Å². The minimum Gasteiger partial charge on any atom is -0.351 e. The Balaban J connectivity index is 1.99. The largest absolute Gasteiger partial charge is 0.351 e. The van der Waals surface area contributed by atoms with Gasteiger partial charge in [0.05, 0.1) is 0 Å². The van der Waals surface area contributed by atoms with Crippen molar-refractivity contribution in [3.8, 4) is 0 Å². The van der Waals surface area contributed by atoms with Crippen molar-refractivity contribution in [2.24, 2.45) is 11.7 Å². The van der Waals surface area contributed by atoms with E-state index in [0.717, 1.165) is 16.1 Å². The van der Waals surface area contributed by atoms with Gasteiger partial charge in [-0.1, -0.05) is 6.42 Å². The standard InChI is InChI=1S/C10H15IN4/c11-8-5-13-10(14-6-8)15-9-3-1-2-7(9)4-12/h5-7,9H,1-4,12H2,(H,13,14,15). The summed E-state index contributed by atoms with van der Waals surface area (Å²) in [6.07, 6.45) is 7.30. The molecule has 15 heavy (non-hydrogen) atoms. The van der Waals surface area contributed by atoms with Crippen molar-refractivity contribution in [1.29, 1.82) is 0 Å². The maximum absolute atomic E-state index is 5.72. The van der Waals surface area contributed by atoms with Crippen LogP contribution in [0.1, 0.15) is 19.3 Å².